The summed E-state index contributed by atoms with van der Waals surface area (Å²) in [5.41, 5.74) is -1.21. The number of carboxylic acid groups (broad SMARTS) is 1. The summed E-state index contributed by atoms with van der Waals surface area (Å²) in [6.07, 6.45) is -3.68. The maximum atomic E-state index is 13.6. The SMILES string of the molecule is CCCC(CC(=O)O)Nc1ccc(C(F)(F)F)cc1F. The molecule has 20 heavy (non-hydrogen) atoms. The standard InChI is InChI=1S/C13H15F4NO2/c1-2-3-9(7-12(19)20)18-11-5-4-8(6-10(11)14)13(15,16)17/h4-6,9,18H,2-3,7H2,1H3,(H,19,20). The average molecular weight is 293 g/mol. The van der Waals surface area contributed by atoms with Gasteiger partial charge in [-0.2, -0.15) is 13.2 Å². The Morgan fingerprint density at radius 2 is 2.05 bits per heavy atom. The highest BCUT2D eigenvalue weighted by Crippen LogP contribution is 2.31. The number of benzene rings is 1. The van der Waals surface area contributed by atoms with Gasteiger partial charge in [-0.05, 0) is 24.6 Å². The van der Waals surface area contributed by atoms with Gasteiger partial charge in [-0.25, -0.2) is 4.39 Å². The van der Waals surface area contributed by atoms with Gasteiger partial charge in [0.15, 0.2) is 0 Å². The molecular weight excluding hydrogens is 278 g/mol. The minimum absolute atomic E-state index is 0.127. The van der Waals surface area contributed by atoms with Crippen LogP contribution in [0.4, 0.5) is 23.2 Å². The van der Waals surface area contributed by atoms with Crippen molar-refractivity contribution in [2.24, 2.45) is 0 Å². The molecule has 3 nitrogen and oxygen atoms in total. The summed E-state index contributed by atoms with van der Waals surface area (Å²) in [6.45, 7) is 1.83. The summed E-state index contributed by atoms with van der Waals surface area (Å²) in [5.74, 6) is -2.10. The van der Waals surface area contributed by atoms with Gasteiger partial charge in [0.25, 0.3) is 0 Å². The number of aliphatic carboxylic acids is 1. The van der Waals surface area contributed by atoms with E-state index in [2.05, 4.69) is 5.32 Å². The van der Waals surface area contributed by atoms with E-state index in [1.165, 1.54) is 0 Å². The molecule has 1 aromatic rings. The van der Waals surface area contributed by atoms with Crippen molar-refractivity contribution in [3.8, 4) is 0 Å². The van der Waals surface area contributed by atoms with Crippen LogP contribution in [0, 0.1) is 5.82 Å². The van der Waals surface area contributed by atoms with Crippen LogP contribution in [0.3, 0.4) is 0 Å². The molecule has 0 aromatic heterocycles. The molecule has 0 heterocycles. The molecule has 7 heteroatoms. The quantitative estimate of drug-likeness (QED) is 0.782. The van der Waals surface area contributed by atoms with Crippen molar-refractivity contribution in [2.75, 3.05) is 5.32 Å². The lowest BCUT2D eigenvalue weighted by Crippen LogP contribution is -2.23. The molecule has 0 aliphatic rings. The molecule has 0 saturated carbocycles. The maximum absolute atomic E-state index is 13.6. The lowest BCUT2D eigenvalue weighted by atomic mass is 10.1. The highest BCUT2D eigenvalue weighted by Gasteiger charge is 2.31. The van der Waals surface area contributed by atoms with Gasteiger partial charge in [-0.3, -0.25) is 4.79 Å². The van der Waals surface area contributed by atoms with E-state index in [1.807, 2.05) is 6.92 Å². The Morgan fingerprint density at radius 1 is 1.40 bits per heavy atom. The van der Waals surface area contributed by atoms with Crippen molar-refractivity contribution in [3.05, 3.63) is 29.6 Å². The van der Waals surface area contributed by atoms with Gasteiger partial charge in [0.05, 0.1) is 17.7 Å². The molecule has 112 valence electrons. The van der Waals surface area contributed by atoms with Gasteiger partial charge in [-0.15, -0.1) is 0 Å². The minimum Gasteiger partial charge on any atom is -0.481 e. The summed E-state index contributed by atoms with van der Waals surface area (Å²) >= 11 is 0. The summed E-state index contributed by atoms with van der Waals surface area (Å²) in [5, 5.41) is 11.4. The smallest absolute Gasteiger partial charge is 0.416 e. The van der Waals surface area contributed by atoms with E-state index in [-0.39, 0.29) is 12.1 Å². The summed E-state index contributed by atoms with van der Waals surface area (Å²) in [4.78, 5) is 10.7. The monoisotopic (exact) mass is 293 g/mol. The predicted octanol–water partition coefficient (Wildman–Crippen LogP) is 3.90. The molecule has 1 rings (SSSR count). The fraction of sp³-hybridized carbons (Fsp3) is 0.462. The van der Waals surface area contributed by atoms with E-state index in [0.29, 0.717) is 18.9 Å². The first-order chi connectivity index (χ1) is 9.24. The predicted molar refractivity (Wildman–Crippen MR) is 66.0 cm³/mol. The zero-order valence-electron chi connectivity index (χ0n) is 10.8. The molecule has 0 amide bonds. The zero-order chi connectivity index (χ0) is 15.3. The average Bonchev–Trinajstić information content (AvgIpc) is 2.29. The van der Waals surface area contributed by atoms with Crippen LogP contribution < -0.4 is 5.32 Å². The molecule has 1 aromatic carbocycles. The Labute approximate surface area is 113 Å². The van der Waals surface area contributed by atoms with Gasteiger partial charge < -0.3 is 10.4 Å². The molecule has 0 aliphatic carbocycles. The minimum atomic E-state index is -4.61. The number of halogens is 4. The Morgan fingerprint density at radius 3 is 2.50 bits per heavy atom. The van der Waals surface area contributed by atoms with Gasteiger partial charge in [0, 0.05) is 6.04 Å². The second-order valence-corrected chi connectivity index (χ2v) is 4.42. The number of carbonyl (C=O) groups is 1. The first kappa shape index (κ1) is 16.3. The van der Waals surface area contributed by atoms with Crippen LogP contribution in [0.2, 0.25) is 0 Å². The van der Waals surface area contributed by atoms with Crippen LogP contribution in [0.1, 0.15) is 31.7 Å². The Bertz CT molecular complexity index is 474. The molecule has 0 aliphatic heterocycles. The van der Waals surface area contributed by atoms with Crippen LogP contribution in [0.15, 0.2) is 18.2 Å². The Balaban J connectivity index is 2.88. The van der Waals surface area contributed by atoms with Gasteiger partial charge in [0.1, 0.15) is 5.82 Å². The highest BCUT2D eigenvalue weighted by atomic mass is 19.4. The van der Waals surface area contributed by atoms with Crippen molar-refractivity contribution in [3.63, 3.8) is 0 Å². The van der Waals surface area contributed by atoms with E-state index in [4.69, 9.17) is 5.11 Å². The van der Waals surface area contributed by atoms with Gasteiger partial charge in [-0.1, -0.05) is 13.3 Å². The van der Waals surface area contributed by atoms with Crippen molar-refractivity contribution in [1.29, 1.82) is 0 Å². The van der Waals surface area contributed by atoms with Crippen LogP contribution in [-0.2, 0) is 11.0 Å². The van der Waals surface area contributed by atoms with E-state index in [0.717, 1.165) is 12.1 Å². The van der Waals surface area contributed by atoms with Crippen LogP contribution in [0.5, 0.6) is 0 Å². The van der Waals surface area contributed by atoms with Crippen LogP contribution >= 0.6 is 0 Å². The van der Waals surface area contributed by atoms with Crippen molar-refractivity contribution >= 4 is 11.7 Å². The molecule has 0 spiro atoms. The number of alkyl halides is 3. The third-order valence-electron chi connectivity index (χ3n) is 2.71. The van der Waals surface area contributed by atoms with Gasteiger partial charge in [0.2, 0.25) is 0 Å². The molecule has 1 atom stereocenters. The Kier molecular flexibility index (Phi) is 5.35. The zero-order valence-corrected chi connectivity index (χ0v) is 10.8. The van der Waals surface area contributed by atoms with Crippen LogP contribution in [-0.4, -0.2) is 17.1 Å². The third kappa shape index (κ3) is 4.71. The van der Waals surface area contributed by atoms with Crippen molar-refractivity contribution < 1.29 is 27.5 Å². The van der Waals surface area contributed by atoms with E-state index >= 15 is 0 Å². The lowest BCUT2D eigenvalue weighted by Gasteiger charge is -2.18. The molecule has 0 bridgehead atoms. The fourth-order valence-electron chi connectivity index (χ4n) is 1.81. The number of carboxylic acids is 1. The second kappa shape index (κ2) is 6.58. The molecule has 0 saturated heterocycles. The number of hydrogen-bond donors (Lipinski definition) is 2. The molecule has 0 fully saturated rings. The molecule has 1 unspecified atom stereocenters. The lowest BCUT2D eigenvalue weighted by molar-refractivity contribution is -0.138. The third-order valence-corrected chi connectivity index (χ3v) is 2.71. The van der Waals surface area contributed by atoms with Crippen molar-refractivity contribution in [2.45, 2.75) is 38.4 Å². The fourth-order valence-corrected chi connectivity index (χ4v) is 1.81. The number of hydrogen-bond acceptors (Lipinski definition) is 2. The summed E-state index contributed by atoms with van der Waals surface area (Å²) in [7, 11) is 0. The molecular formula is C13H15F4NO2. The summed E-state index contributed by atoms with van der Waals surface area (Å²) in [6, 6.07) is 1.60. The number of anilines is 1. The van der Waals surface area contributed by atoms with Crippen LogP contribution in [0.25, 0.3) is 0 Å². The first-order valence-corrected chi connectivity index (χ1v) is 6.09. The normalized spacial score (nSPS) is 13.1. The highest BCUT2D eigenvalue weighted by molar-refractivity contribution is 5.68. The number of nitrogens with one attached hydrogen (secondary N) is 1. The van der Waals surface area contributed by atoms with E-state index in [1.54, 1.807) is 0 Å². The van der Waals surface area contributed by atoms with Crippen molar-refractivity contribution in [1.82, 2.24) is 0 Å². The maximum Gasteiger partial charge on any atom is 0.416 e. The summed E-state index contributed by atoms with van der Waals surface area (Å²) < 4.78 is 50.8. The Hall–Kier alpha value is -1.79. The first-order valence-electron chi connectivity index (χ1n) is 6.09. The van der Waals surface area contributed by atoms with E-state index < -0.39 is 29.6 Å². The topological polar surface area (TPSA) is 49.3 Å². The molecule has 2 N–H and O–H groups in total. The van der Waals surface area contributed by atoms with E-state index in [9.17, 15) is 22.4 Å². The largest absolute Gasteiger partial charge is 0.481 e. The molecule has 0 radical (unpaired) electrons. The van der Waals surface area contributed by atoms with Gasteiger partial charge >= 0.3 is 12.1 Å². The second-order valence-electron chi connectivity index (χ2n) is 4.42. The number of rotatable bonds is 6.